The summed E-state index contributed by atoms with van der Waals surface area (Å²) in [7, 11) is 0. The van der Waals surface area contributed by atoms with E-state index in [1.54, 1.807) is 23.5 Å². The van der Waals surface area contributed by atoms with Crippen LogP contribution in [0.25, 0.3) is 52.5 Å². The van der Waals surface area contributed by atoms with Crippen molar-refractivity contribution in [3.8, 4) is 52.5 Å². The summed E-state index contributed by atoms with van der Waals surface area (Å²) in [5, 5.41) is 38.0. The molecule has 0 saturated carbocycles. The lowest BCUT2D eigenvalue weighted by Gasteiger charge is -2.33. The third-order valence-corrected chi connectivity index (χ3v) is 20.0. The van der Waals surface area contributed by atoms with Gasteiger partial charge in [0.1, 0.15) is 23.3 Å². The molecule has 4 aliphatic rings. The number of unbranched alkanes of at least 4 members (excludes halogenated alkanes) is 6. The van der Waals surface area contributed by atoms with Gasteiger partial charge in [-0.2, -0.15) is 10.5 Å². The van der Waals surface area contributed by atoms with E-state index >= 15 is 0 Å². The van der Waals surface area contributed by atoms with E-state index in [-0.39, 0.29) is 11.1 Å². The number of aliphatic carboxylic acids is 2. The molecule has 0 bridgehead atoms. The Balaban J connectivity index is 0.861. The van der Waals surface area contributed by atoms with Gasteiger partial charge in [0.05, 0.1) is 22.7 Å². The second-order valence-corrected chi connectivity index (χ2v) is 23.7. The van der Waals surface area contributed by atoms with E-state index in [1.165, 1.54) is 122 Å². The monoisotopic (exact) mass is 1020 g/mol. The quantitative estimate of drug-likeness (QED) is 0.0548. The highest BCUT2D eigenvalue weighted by atomic mass is 32.2. The summed E-state index contributed by atoms with van der Waals surface area (Å²) in [6, 6.07) is 34.2. The molecule has 2 aliphatic carbocycles. The predicted molar refractivity (Wildman–Crippen MR) is 293 cm³/mol. The smallest absolute Gasteiger partial charge is 0.346 e. The standard InChI is InChI=1S/C58H48N4O4S5/c1-3-5-7-9-19-61-43-15-11-33(21-39(31-59)57(63)64)23-49(43)67-51-27-35(13-17-45(51)61)47-29-37-25-41-42-26-38-30-48(70-54(38)56(42)71-55(41)53(37)69-47)36-14-18-46-52(28-36)68-50-24-34(22-40(32-60)58(65)66)12-16-44(50)62(46)20-10-8-6-4-2/h11-18,21-24,27-30H,3-10,19-20,25-26H2,1-2H3,(H,63,64)(H,65,66)/b39-21-,40-22-. The molecular formula is C58H48N4O4S5. The molecule has 0 spiro atoms. The fourth-order valence-electron chi connectivity index (χ4n) is 10.2. The number of anilines is 4. The number of carboxylic acid groups (broad SMARTS) is 2. The number of hydrogen-bond acceptors (Lipinski definition) is 11. The van der Waals surface area contributed by atoms with Gasteiger partial charge in [-0.25, -0.2) is 9.59 Å². The van der Waals surface area contributed by atoms with E-state index < -0.39 is 11.9 Å². The molecule has 5 heterocycles. The number of thiophene rings is 3. The average molecular weight is 1030 g/mol. The van der Waals surface area contributed by atoms with Crippen LogP contribution in [0.3, 0.4) is 0 Å². The van der Waals surface area contributed by atoms with Gasteiger partial charge < -0.3 is 20.0 Å². The Morgan fingerprint density at radius 3 is 1.34 bits per heavy atom. The maximum absolute atomic E-state index is 11.7. The van der Waals surface area contributed by atoms with Crippen molar-refractivity contribution >= 4 is 104 Å². The topological polar surface area (TPSA) is 129 Å². The van der Waals surface area contributed by atoms with Crippen molar-refractivity contribution in [3.05, 3.63) is 129 Å². The van der Waals surface area contributed by atoms with E-state index in [0.29, 0.717) is 11.1 Å². The van der Waals surface area contributed by atoms with Gasteiger partial charge in [0, 0.05) is 74.8 Å². The maximum atomic E-state index is 11.7. The van der Waals surface area contributed by atoms with Crippen LogP contribution in [0.5, 0.6) is 0 Å². The molecule has 71 heavy (non-hydrogen) atoms. The third-order valence-electron chi connectivity index (χ3n) is 13.7. The van der Waals surface area contributed by atoms with Gasteiger partial charge in [0.25, 0.3) is 0 Å². The molecular weight excluding hydrogens is 977 g/mol. The zero-order chi connectivity index (χ0) is 48.9. The lowest BCUT2D eigenvalue weighted by atomic mass is 10.0. The number of benzene rings is 4. The number of carboxylic acids is 2. The first-order valence-corrected chi connectivity index (χ1v) is 28.3. The van der Waals surface area contributed by atoms with Crippen molar-refractivity contribution in [2.75, 3.05) is 22.9 Å². The van der Waals surface area contributed by atoms with Gasteiger partial charge >= 0.3 is 11.9 Å². The number of fused-ring (bicyclic) bond motifs is 11. The molecule has 7 aromatic rings. The zero-order valence-electron chi connectivity index (χ0n) is 39.3. The second-order valence-electron chi connectivity index (χ2n) is 18.4. The minimum Gasteiger partial charge on any atom is -0.477 e. The van der Waals surface area contributed by atoms with Gasteiger partial charge in [0.2, 0.25) is 0 Å². The molecule has 3 aromatic heterocycles. The molecule has 0 radical (unpaired) electrons. The van der Waals surface area contributed by atoms with Crippen LogP contribution in [0.4, 0.5) is 22.7 Å². The summed E-state index contributed by atoms with van der Waals surface area (Å²) in [4.78, 5) is 40.8. The fraction of sp³-hybridized carbons (Fsp3) is 0.241. The molecule has 0 unspecified atom stereocenters. The van der Waals surface area contributed by atoms with Crippen LogP contribution in [0.2, 0.25) is 0 Å². The van der Waals surface area contributed by atoms with E-state index in [1.807, 2.05) is 70.4 Å². The number of nitrogens with zero attached hydrogens (tertiary/aromatic N) is 4. The molecule has 8 nitrogen and oxygen atoms in total. The molecule has 0 fully saturated rings. The Hall–Kier alpha value is -6.32. The van der Waals surface area contributed by atoms with Crippen LogP contribution in [0.15, 0.2) is 116 Å². The summed E-state index contributed by atoms with van der Waals surface area (Å²) in [5.74, 6) is -2.45. The predicted octanol–water partition coefficient (Wildman–Crippen LogP) is 16.7. The van der Waals surface area contributed by atoms with Gasteiger partial charge in [-0.15, -0.1) is 34.0 Å². The highest BCUT2D eigenvalue weighted by Crippen LogP contribution is 2.59. The van der Waals surface area contributed by atoms with Crippen LogP contribution in [-0.2, 0) is 22.4 Å². The molecule has 0 amide bonds. The lowest BCUT2D eigenvalue weighted by molar-refractivity contribution is -0.133. The first-order valence-electron chi connectivity index (χ1n) is 24.2. The normalized spacial score (nSPS) is 13.9. The van der Waals surface area contributed by atoms with Gasteiger partial charge in [-0.05, 0) is 130 Å². The fourth-order valence-corrected chi connectivity index (χ4v) is 16.6. The largest absolute Gasteiger partial charge is 0.477 e. The molecule has 2 aliphatic heterocycles. The van der Waals surface area contributed by atoms with Crippen LogP contribution in [0.1, 0.15) is 98.6 Å². The summed E-state index contributed by atoms with van der Waals surface area (Å²) in [6.45, 7) is 6.24. The van der Waals surface area contributed by atoms with Crippen molar-refractivity contribution < 1.29 is 19.8 Å². The van der Waals surface area contributed by atoms with Gasteiger partial charge in [-0.3, -0.25) is 0 Å². The Kier molecular flexibility index (Phi) is 13.1. The van der Waals surface area contributed by atoms with Gasteiger partial charge in [0.15, 0.2) is 0 Å². The number of rotatable bonds is 16. The van der Waals surface area contributed by atoms with Crippen LogP contribution in [0, 0.1) is 22.7 Å². The molecule has 0 atom stereocenters. The summed E-state index contributed by atoms with van der Waals surface area (Å²) in [6.07, 6.45) is 14.0. The van der Waals surface area contributed by atoms with E-state index in [0.717, 1.165) is 72.8 Å². The van der Waals surface area contributed by atoms with E-state index in [4.69, 9.17) is 0 Å². The summed E-state index contributed by atoms with van der Waals surface area (Å²) < 4.78 is 0. The van der Waals surface area contributed by atoms with E-state index in [9.17, 15) is 30.3 Å². The number of hydrogen-bond donors (Lipinski definition) is 2. The minimum absolute atomic E-state index is 0.280. The minimum atomic E-state index is -1.22. The highest BCUT2D eigenvalue weighted by Gasteiger charge is 2.35. The molecule has 4 aromatic carbocycles. The van der Waals surface area contributed by atoms with Crippen molar-refractivity contribution in [2.45, 2.75) is 97.6 Å². The highest BCUT2D eigenvalue weighted by molar-refractivity contribution is 8.00. The number of carbonyl (C=O) groups is 2. The zero-order valence-corrected chi connectivity index (χ0v) is 43.3. The second kappa shape index (κ2) is 19.7. The first-order chi connectivity index (χ1) is 34.6. The summed E-state index contributed by atoms with van der Waals surface area (Å²) in [5.41, 5.74) is 13.7. The van der Waals surface area contributed by atoms with Crippen LogP contribution >= 0.6 is 57.5 Å². The average Bonchev–Trinajstić information content (AvgIpc) is 4.19. The number of nitriles is 2. The third kappa shape index (κ3) is 8.83. The van der Waals surface area contributed by atoms with Crippen molar-refractivity contribution in [2.24, 2.45) is 0 Å². The van der Waals surface area contributed by atoms with Crippen molar-refractivity contribution in [1.29, 1.82) is 10.5 Å². The Morgan fingerprint density at radius 2 is 0.944 bits per heavy atom. The van der Waals surface area contributed by atoms with Crippen LogP contribution in [-0.4, -0.2) is 35.2 Å². The molecule has 11 rings (SSSR count). The first kappa shape index (κ1) is 47.0. The lowest BCUT2D eigenvalue weighted by Crippen LogP contribution is -2.22. The Bertz CT molecular complexity index is 3260. The Labute approximate surface area is 434 Å². The molecule has 354 valence electrons. The molecule has 2 N–H and O–H groups in total. The van der Waals surface area contributed by atoms with E-state index in [2.05, 4.69) is 84.3 Å². The van der Waals surface area contributed by atoms with Crippen LogP contribution < -0.4 is 9.80 Å². The maximum Gasteiger partial charge on any atom is 0.346 e. The molecule has 0 saturated heterocycles. The SMILES string of the molecule is CCCCCCN1c2ccc(/C=C(/C#N)C(=O)O)cc2Sc2cc(-c3cc4c(s3)-c3sc5c(c3C4)Cc3cc(-c4ccc6c(c4)Sc4cc(/C=C(/C#N)C(=O)O)ccc4N6CCCCCC)sc3-5)ccc21. The van der Waals surface area contributed by atoms with Crippen molar-refractivity contribution in [3.63, 3.8) is 0 Å². The van der Waals surface area contributed by atoms with Gasteiger partial charge in [-0.1, -0.05) is 100 Å². The summed E-state index contributed by atoms with van der Waals surface area (Å²) >= 11 is 9.18. The molecule has 13 heteroatoms. The Morgan fingerprint density at radius 1 is 0.535 bits per heavy atom. The van der Waals surface area contributed by atoms with Crippen molar-refractivity contribution in [1.82, 2.24) is 0 Å².